The summed E-state index contributed by atoms with van der Waals surface area (Å²) in [4.78, 5) is 12.0. The van der Waals surface area contributed by atoms with Crippen LogP contribution in [-0.2, 0) is 4.79 Å². The molecule has 0 spiro atoms. The minimum Gasteiger partial charge on any atom is -0.326 e. The highest BCUT2D eigenvalue weighted by atomic mass is 79.9. The second-order valence-electron chi connectivity index (χ2n) is 4.89. The van der Waals surface area contributed by atoms with E-state index in [0.29, 0.717) is 0 Å². The Labute approximate surface area is 122 Å². The van der Waals surface area contributed by atoms with E-state index in [1.807, 2.05) is 37.3 Å². The Balaban J connectivity index is 2.17. The van der Waals surface area contributed by atoms with Crippen molar-refractivity contribution in [3.63, 3.8) is 0 Å². The molecule has 0 heterocycles. The number of hydrogen-bond acceptors (Lipinski definition) is 1. The van der Waals surface area contributed by atoms with Gasteiger partial charge in [0.25, 0.3) is 0 Å². The Morgan fingerprint density at radius 2 is 1.89 bits per heavy atom. The van der Waals surface area contributed by atoms with Crippen molar-refractivity contribution in [2.45, 2.75) is 26.7 Å². The lowest BCUT2D eigenvalue weighted by Crippen LogP contribution is -2.20. The molecule has 0 saturated heterocycles. The van der Waals surface area contributed by atoms with Crippen LogP contribution in [0.3, 0.4) is 0 Å². The summed E-state index contributed by atoms with van der Waals surface area (Å²) >= 11 is 3.46. The third kappa shape index (κ3) is 3.57. The van der Waals surface area contributed by atoms with E-state index in [4.69, 9.17) is 0 Å². The molecule has 0 aliphatic carbocycles. The van der Waals surface area contributed by atoms with Crippen LogP contribution in [0.2, 0.25) is 0 Å². The van der Waals surface area contributed by atoms with E-state index in [1.54, 1.807) is 0 Å². The van der Waals surface area contributed by atoms with Crippen LogP contribution >= 0.6 is 15.9 Å². The molecule has 2 nitrogen and oxygen atoms in total. The maximum Gasteiger partial charge on any atom is 0.227 e. The lowest BCUT2D eigenvalue weighted by Gasteiger charge is -2.11. The van der Waals surface area contributed by atoms with Gasteiger partial charge < -0.3 is 5.32 Å². The average Bonchev–Trinajstić information content (AvgIpc) is 2.39. The second kappa shape index (κ2) is 6.20. The molecule has 0 saturated carbocycles. The average molecular weight is 320 g/mol. The first-order valence-corrected chi connectivity index (χ1v) is 7.39. The van der Waals surface area contributed by atoms with Gasteiger partial charge in [0.05, 0.1) is 0 Å². The Hall–Kier alpha value is -1.35. The molecule has 0 bridgehead atoms. The molecule has 0 aliphatic heterocycles. The highest BCUT2D eigenvalue weighted by molar-refractivity contribution is 9.10. The maximum atomic E-state index is 12.0. The first-order chi connectivity index (χ1) is 9.10. The molecule has 100 valence electrons. The number of halogens is 1. The molecule has 2 aromatic carbocycles. The van der Waals surface area contributed by atoms with Crippen molar-refractivity contribution < 1.29 is 4.79 Å². The van der Waals surface area contributed by atoms with Crippen molar-refractivity contribution in [2.24, 2.45) is 5.92 Å². The molecule has 2 aromatic rings. The van der Waals surface area contributed by atoms with Gasteiger partial charge in [0.2, 0.25) is 5.91 Å². The number of carbonyl (C=O) groups excluding carboxylic acids is 1. The van der Waals surface area contributed by atoms with Crippen LogP contribution in [0.15, 0.2) is 40.9 Å². The molecule has 3 heteroatoms. The van der Waals surface area contributed by atoms with E-state index in [9.17, 15) is 4.79 Å². The van der Waals surface area contributed by atoms with E-state index < -0.39 is 0 Å². The smallest absolute Gasteiger partial charge is 0.227 e. The van der Waals surface area contributed by atoms with Crippen LogP contribution < -0.4 is 5.32 Å². The molecule has 2 rings (SSSR count). The molecule has 0 fully saturated rings. The van der Waals surface area contributed by atoms with Crippen molar-refractivity contribution >= 4 is 38.3 Å². The zero-order valence-corrected chi connectivity index (χ0v) is 12.8. The Morgan fingerprint density at radius 3 is 2.63 bits per heavy atom. The largest absolute Gasteiger partial charge is 0.326 e. The van der Waals surface area contributed by atoms with Crippen molar-refractivity contribution in [3.8, 4) is 0 Å². The van der Waals surface area contributed by atoms with Crippen LogP contribution in [0.1, 0.15) is 26.7 Å². The number of amides is 1. The van der Waals surface area contributed by atoms with Crippen LogP contribution in [0.5, 0.6) is 0 Å². The molecule has 0 aromatic heterocycles. The van der Waals surface area contributed by atoms with Gasteiger partial charge in [-0.3, -0.25) is 4.79 Å². The van der Waals surface area contributed by atoms with Gasteiger partial charge in [-0.1, -0.05) is 48.3 Å². The molecule has 1 amide bonds. The molecular formula is C16H18BrNO. The summed E-state index contributed by atoms with van der Waals surface area (Å²) in [5, 5.41) is 5.27. The molecule has 1 N–H and O–H groups in total. The second-order valence-corrected chi connectivity index (χ2v) is 5.80. The third-order valence-corrected chi connectivity index (χ3v) is 3.73. The zero-order valence-electron chi connectivity index (χ0n) is 11.2. The summed E-state index contributed by atoms with van der Waals surface area (Å²) in [5.41, 5.74) is 0.864. The minimum atomic E-state index is 0.0608. The normalized spacial score (nSPS) is 12.4. The monoisotopic (exact) mass is 319 g/mol. The third-order valence-electron chi connectivity index (χ3n) is 3.24. The number of anilines is 1. The van der Waals surface area contributed by atoms with Gasteiger partial charge in [0.15, 0.2) is 0 Å². The SMILES string of the molecule is CCCC(C)C(=O)Nc1ccc2cc(Br)ccc2c1. The summed E-state index contributed by atoms with van der Waals surface area (Å²) in [7, 11) is 0. The van der Waals surface area contributed by atoms with Gasteiger partial charge in [0, 0.05) is 16.1 Å². The summed E-state index contributed by atoms with van der Waals surface area (Å²) in [5.74, 6) is 0.156. The quantitative estimate of drug-likeness (QED) is 0.846. The van der Waals surface area contributed by atoms with E-state index in [1.165, 1.54) is 0 Å². The standard InChI is InChI=1S/C16H18BrNO/c1-3-4-11(2)16(19)18-15-8-6-12-9-14(17)7-5-13(12)10-15/h5-11H,3-4H2,1-2H3,(H,18,19). The number of hydrogen-bond donors (Lipinski definition) is 1. The first-order valence-electron chi connectivity index (χ1n) is 6.60. The van der Waals surface area contributed by atoms with E-state index in [0.717, 1.165) is 33.8 Å². The van der Waals surface area contributed by atoms with Crippen LogP contribution in [0, 0.1) is 5.92 Å². The summed E-state index contributed by atoms with van der Waals surface area (Å²) in [6.07, 6.45) is 1.95. The van der Waals surface area contributed by atoms with E-state index >= 15 is 0 Å². The van der Waals surface area contributed by atoms with Gasteiger partial charge in [0.1, 0.15) is 0 Å². The van der Waals surface area contributed by atoms with Gasteiger partial charge in [-0.2, -0.15) is 0 Å². The first kappa shape index (κ1) is 14.1. The predicted octanol–water partition coefficient (Wildman–Crippen LogP) is 4.98. The Bertz CT molecular complexity index is 594. The zero-order chi connectivity index (χ0) is 13.8. The fourth-order valence-electron chi connectivity index (χ4n) is 2.12. The molecular weight excluding hydrogens is 302 g/mol. The van der Waals surface area contributed by atoms with Crippen molar-refractivity contribution in [1.29, 1.82) is 0 Å². The number of benzene rings is 2. The highest BCUT2D eigenvalue weighted by Crippen LogP contribution is 2.23. The summed E-state index contributed by atoms with van der Waals surface area (Å²) in [6, 6.07) is 12.1. The lowest BCUT2D eigenvalue weighted by molar-refractivity contribution is -0.119. The number of fused-ring (bicyclic) bond motifs is 1. The van der Waals surface area contributed by atoms with Crippen molar-refractivity contribution in [2.75, 3.05) is 5.32 Å². The number of nitrogens with one attached hydrogen (secondary N) is 1. The number of rotatable bonds is 4. The van der Waals surface area contributed by atoms with Crippen LogP contribution in [0.25, 0.3) is 10.8 Å². The minimum absolute atomic E-state index is 0.0608. The van der Waals surface area contributed by atoms with Gasteiger partial charge >= 0.3 is 0 Å². The van der Waals surface area contributed by atoms with Crippen LogP contribution in [0.4, 0.5) is 5.69 Å². The molecule has 0 aliphatic rings. The molecule has 1 unspecified atom stereocenters. The summed E-state index contributed by atoms with van der Waals surface area (Å²) < 4.78 is 1.06. The lowest BCUT2D eigenvalue weighted by atomic mass is 10.0. The van der Waals surface area contributed by atoms with Crippen molar-refractivity contribution in [3.05, 3.63) is 40.9 Å². The molecule has 19 heavy (non-hydrogen) atoms. The van der Waals surface area contributed by atoms with Gasteiger partial charge in [-0.15, -0.1) is 0 Å². The predicted molar refractivity (Wildman–Crippen MR) is 84.3 cm³/mol. The van der Waals surface area contributed by atoms with Crippen molar-refractivity contribution in [1.82, 2.24) is 0 Å². The van der Waals surface area contributed by atoms with Crippen LogP contribution in [-0.4, -0.2) is 5.91 Å². The van der Waals surface area contributed by atoms with E-state index in [-0.39, 0.29) is 11.8 Å². The molecule has 0 radical (unpaired) electrons. The fraction of sp³-hybridized carbons (Fsp3) is 0.312. The van der Waals surface area contributed by atoms with Gasteiger partial charge in [-0.05, 0) is 41.5 Å². The Morgan fingerprint density at radius 1 is 1.21 bits per heavy atom. The number of carbonyl (C=O) groups is 1. The molecule has 1 atom stereocenters. The summed E-state index contributed by atoms with van der Waals surface area (Å²) in [6.45, 7) is 4.06. The Kier molecular flexibility index (Phi) is 4.59. The fourth-order valence-corrected chi connectivity index (χ4v) is 2.50. The van der Waals surface area contributed by atoms with Gasteiger partial charge in [-0.25, -0.2) is 0 Å². The highest BCUT2D eigenvalue weighted by Gasteiger charge is 2.11. The maximum absolute atomic E-state index is 12.0. The topological polar surface area (TPSA) is 29.1 Å². The van der Waals surface area contributed by atoms with E-state index in [2.05, 4.69) is 34.2 Å².